The number of nitrogens with one attached hydrogen (secondary N) is 2. The maximum absolute atomic E-state index is 14.9. The zero-order valence-electron chi connectivity index (χ0n) is 17.3. The van der Waals surface area contributed by atoms with E-state index >= 15 is 0 Å². The van der Waals surface area contributed by atoms with Crippen molar-refractivity contribution in [1.29, 1.82) is 0 Å². The minimum atomic E-state index is -0.491. The van der Waals surface area contributed by atoms with Crippen LogP contribution in [0.5, 0.6) is 0 Å². The molecule has 2 heterocycles. The van der Waals surface area contributed by atoms with Gasteiger partial charge in [-0.2, -0.15) is 0 Å². The molecule has 0 saturated carbocycles. The standard InChI is InChI=1S/C22H23F2N5O2S/c23-8-1-9-25-11-15-2-4-16(5-3-15)19-7-6-17(10-20(19)24)29-13-18(31-22(29)30)14-32-21-12-26-28-27-21/h2-7,10,12,18,25H,1,8-9,11,13-14H2,(H,26,27,28)/t18-/m1/s1. The molecule has 10 heteroatoms. The smallest absolute Gasteiger partial charge is 0.414 e. The number of H-pyrrole nitrogens is 1. The predicted octanol–water partition coefficient (Wildman–Crippen LogP) is 4.18. The molecule has 1 atom stereocenters. The Bertz CT molecular complexity index is 1030. The van der Waals surface area contributed by atoms with Crippen molar-refractivity contribution in [2.24, 2.45) is 0 Å². The number of ether oxygens (including phenoxy) is 1. The van der Waals surface area contributed by atoms with Crippen molar-refractivity contribution in [3.05, 3.63) is 60.0 Å². The van der Waals surface area contributed by atoms with Crippen LogP contribution >= 0.6 is 11.8 Å². The molecule has 3 aromatic rings. The number of alkyl halides is 1. The highest BCUT2D eigenvalue weighted by atomic mass is 32.2. The van der Waals surface area contributed by atoms with E-state index in [1.54, 1.807) is 18.3 Å². The number of benzene rings is 2. The van der Waals surface area contributed by atoms with Gasteiger partial charge in [0.15, 0.2) is 0 Å². The van der Waals surface area contributed by atoms with Crippen molar-refractivity contribution in [3.8, 4) is 11.1 Å². The van der Waals surface area contributed by atoms with E-state index in [1.165, 1.54) is 22.7 Å². The van der Waals surface area contributed by atoms with Gasteiger partial charge in [0.05, 0.1) is 25.1 Å². The minimum absolute atomic E-state index is 0.315. The Hall–Kier alpha value is -2.98. The lowest BCUT2D eigenvalue weighted by atomic mass is 10.0. The molecule has 0 aliphatic carbocycles. The summed E-state index contributed by atoms with van der Waals surface area (Å²) < 4.78 is 32.4. The molecule has 1 aliphatic rings. The predicted molar refractivity (Wildman–Crippen MR) is 119 cm³/mol. The van der Waals surface area contributed by atoms with E-state index in [0.717, 1.165) is 16.2 Å². The van der Waals surface area contributed by atoms with Gasteiger partial charge in [-0.05, 0) is 42.3 Å². The highest BCUT2D eigenvalue weighted by Crippen LogP contribution is 2.30. The second kappa shape index (κ2) is 10.6. The van der Waals surface area contributed by atoms with Gasteiger partial charge in [-0.1, -0.05) is 29.5 Å². The summed E-state index contributed by atoms with van der Waals surface area (Å²) in [6, 6.07) is 12.3. The van der Waals surface area contributed by atoms with Gasteiger partial charge in [-0.15, -0.1) is 16.9 Å². The van der Waals surface area contributed by atoms with Crippen molar-refractivity contribution in [1.82, 2.24) is 20.7 Å². The molecule has 1 fully saturated rings. The van der Waals surface area contributed by atoms with Crippen LogP contribution in [0.2, 0.25) is 0 Å². The third-order valence-electron chi connectivity index (χ3n) is 5.04. The fraction of sp³-hybridized carbons (Fsp3) is 0.318. The molecule has 1 saturated heterocycles. The zero-order chi connectivity index (χ0) is 22.3. The molecule has 168 valence electrons. The van der Waals surface area contributed by atoms with E-state index in [-0.39, 0.29) is 12.8 Å². The molecule has 0 spiro atoms. The number of hydrogen-bond acceptors (Lipinski definition) is 6. The van der Waals surface area contributed by atoms with Crippen molar-refractivity contribution in [2.45, 2.75) is 24.1 Å². The highest BCUT2D eigenvalue weighted by molar-refractivity contribution is 7.99. The second-order valence-electron chi connectivity index (χ2n) is 7.33. The van der Waals surface area contributed by atoms with Gasteiger partial charge < -0.3 is 10.1 Å². The monoisotopic (exact) mass is 459 g/mol. The van der Waals surface area contributed by atoms with Crippen molar-refractivity contribution < 1.29 is 18.3 Å². The largest absolute Gasteiger partial charge is 0.443 e. The number of thioether (sulfide) groups is 1. The van der Waals surface area contributed by atoms with E-state index in [2.05, 4.69) is 20.7 Å². The fourth-order valence-electron chi connectivity index (χ4n) is 3.39. The Morgan fingerprint density at radius 2 is 2.09 bits per heavy atom. The third kappa shape index (κ3) is 5.43. The minimum Gasteiger partial charge on any atom is -0.443 e. The first-order chi connectivity index (χ1) is 15.6. The molecule has 1 amide bonds. The molecular weight excluding hydrogens is 436 g/mol. The van der Waals surface area contributed by atoms with Crippen LogP contribution in [0.15, 0.2) is 53.7 Å². The Morgan fingerprint density at radius 1 is 1.25 bits per heavy atom. The number of aromatic amines is 1. The Labute approximate surface area is 188 Å². The summed E-state index contributed by atoms with van der Waals surface area (Å²) >= 11 is 1.46. The molecule has 0 bridgehead atoms. The molecule has 0 unspecified atom stereocenters. The summed E-state index contributed by atoms with van der Waals surface area (Å²) in [5.74, 6) is 0.132. The van der Waals surface area contributed by atoms with E-state index in [0.29, 0.717) is 43.1 Å². The van der Waals surface area contributed by atoms with Gasteiger partial charge in [0.1, 0.15) is 16.9 Å². The number of carbonyl (C=O) groups is 1. The normalized spacial score (nSPS) is 15.9. The van der Waals surface area contributed by atoms with Crippen LogP contribution in [0.3, 0.4) is 0 Å². The van der Waals surface area contributed by atoms with Crippen LogP contribution in [0.1, 0.15) is 12.0 Å². The summed E-state index contributed by atoms with van der Waals surface area (Å²) in [6.45, 7) is 1.26. The summed E-state index contributed by atoms with van der Waals surface area (Å²) in [4.78, 5) is 13.7. The number of carbonyl (C=O) groups excluding carboxylic acids is 1. The average molecular weight is 460 g/mol. The summed E-state index contributed by atoms with van der Waals surface area (Å²) in [5.41, 5.74) is 2.70. The van der Waals surface area contributed by atoms with Crippen LogP contribution in [-0.2, 0) is 11.3 Å². The number of anilines is 1. The van der Waals surface area contributed by atoms with Crippen molar-refractivity contribution in [2.75, 3.05) is 30.4 Å². The first-order valence-electron chi connectivity index (χ1n) is 10.3. The van der Waals surface area contributed by atoms with Crippen LogP contribution in [0, 0.1) is 5.82 Å². The lowest BCUT2D eigenvalue weighted by molar-refractivity contribution is 0.151. The number of rotatable bonds is 10. The summed E-state index contributed by atoms with van der Waals surface area (Å²) in [7, 11) is 0. The van der Waals surface area contributed by atoms with Gasteiger partial charge in [0.25, 0.3) is 0 Å². The topological polar surface area (TPSA) is 83.1 Å². The quantitative estimate of drug-likeness (QED) is 0.350. The molecule has 2 aromatic carbocycles. The van der Waals surface area contributed by atoms with Crippen molar-refractivity contribution >= 4 is 23.5 Å². The third-order valence-corrected chi connectivity index (χ3v) is 6.08. The number of amides is 1. The van der Waals surface area contributed by atoms with Gasteiger partial charge >= 0.3 is 6.09 Å². The van der Waals surface area contributed by atoms with Crippen molar-refractivity contribution in [3.63, 3.8) is 0 Å². The van der Waals surface area contributed by atoms with Gasteiger partial charge in [0, 0.05) is 17.9 Å². The summed E-state index contributed by atoms with van der Waals surface area (Å²) in [5, 5.41) is 14.0. The molecule has 4 rings (SSSR count). The average Bonchev–Trinajstić information content (AvgIpc) is 3.45. The van der Waals surface area contributed by atoms with Crippen LogP contribution < -0.4 is 10.2 Å². The van der Waals surface area contributed by atoms with E-state index in [9.17, 15) is 13.6 Å². The molecule has 0 radical (unpaired) electrons. The number of hydrogen-bond donors (Lipinski definition) is 2. The molecule has 7 nitrogen and oxygen atoms in total. The molecule has 32 heavy (non-hydrogen) atoms. The first-order valence-corrected chi connectivity index (χ1v) is 11.2. The van der Waals surface area contributed by atoms with E-state index < -0.39 is 11.9 Å². The lowest BCUT2D eigenvalue weighted by Gasteiger charge is -2.14. The lowest BCUT2D eigenvalue weighted by Crippen LogP contribution is -2.25. The Balaban J connectivity index is 1.38. The fourth-order valence-corrected chi connectivity index (χ4v) is 4.16. The van der Waals surface area contributed by atoms with E-state index in [4.69, 9.17) is 4.74 Å². The summed E-state index contributed by atoms with van der Waals surface area (Å²) in [6.07, 6.45) is 1.28. The maximum atomic E-state index is 14.9. The van der Waals surface area contributed by atoms with Gasteiger partial charge in [0.2, 0.25) is 0 Å². The maximum Gasteiger partial charge on any atom is 0.414 e. The molecular formula is C22H23F2N5O2S. The molecule has 1 aliphatic heterocycles. The SMILES string of the molecule is O=C1O[C@@H](CSc2cnn[nH]2)CN1c1ccc(-c2ccc(CNCCCF)cc2)c(F)c1. The van der Waals surface area contributed by atoms with Gasteiger partial charge in [-0.25, -0.2) is 9.18 Å². The highest BCUT2D eigenvalue weighted by Gasteiger charge is 2.32. The number of nitrogens with zero attached hydrogens (tertiary/aromatic N) is 3. The first kappa shape index (κ1) is 22.2. The molecule has 1 aromatic heterocycles. The van der Waals surface area contributed by atoms with Gasteiger partial charge in [-0.3, -0.25) is 14.4 Å². The second-order valence-corrected chi connectivity index (χ2v) is 8.39. The number of cyclic esters (lactones) is 1. The molecule has 2 N–H and O–H groups in total. The van der Waals surface area contributed by atoms with Crippen LogP contribution in [0.25, 0.3) is 11.1 Å². The Morgan fingerprint density at radius 3 is 2.81 bits per heavy atom. The van der Waals surface area contributed by atoms with Crippen LogP contribution in [0.4, 0.5) is 19.3 Å². The Kier molecular flexibility index (Phi) is 7.33. The number of halogens is 2. The van der Waals surface area contributed by atoms with Crippen LogP contribution in [-0.4, -0.2) is 53.1 Å². The van der Waals surface area contributed by atoms with E-state index in [1.807, 2.05) is 24.3 Å². The zero-order valence-corrected chi connectivity index (χ0v) is 18.1. The number of aromatic nitrogens is 3.